The van der Waals surface area contributed by atoms with Crippen molar-refractivity contribution in [2.24, 2.45) is 0 Å². The van der Waals surface area contributed by atoms with Crippen molar-refractivity contribution in [1.82, 2.24) is 10.9 Å². The zero-order chi connectivity index (χ0) is 20.4. The molecule has 2 aromatic rings. The van der Waals surface area contributed by atoms with Gasteiger partial charge in [0.05, 0.1) is 18.2 Å². The summed E-state index contributed by atoms with van der Waals surface area (Å²) < 4.78 is 21.4. The van der Waals surface area contributed by atoms with E-state index in [0.29, 0.717) is 40.5 Å². The van der Waals surface area contributed by atoms with Crippen LogP contribution in [0.5, 0.6) is 17.2 Å². The normalized spacial score (nSPS) is 10.1. The third-order valence-electron chi connectivity index (χ3n) is 3.48. The maximum Gasteiger partial charge on any atom is 0.276 e. The standard InChI is InChI=1S/C19H21BrN2O6/c1-25-9-10-27-17-8-3-13(11-16(17)20)19(24)22-21-18(23)12-28-15-6-4-14(26-2)5-7-15/h3-8,11H,9-10,12H2,1-2H3,(H,21,23)(H,22,24). The lowest BCUT2D eigenvalue weighted by Gasteiger charge is -2.11. The molecule has 28 heavy (non-hydrogen) atoms. The molecule has 0 saturated heterocycles. The Morgan fingerprint density at radius 1 is 0.929 bits per heavy atom. The van der Waals surface area contributed by atoms with Crippen molar-refractivity contribution in [1.29, 1.82) is 0 Å². The van der Waals surface area contributed by atoms with Crippen LogP contribution in [0.2, 0.25) is 0 Å². The molecule has 0 unspecified atom stereocenters. The quantitative estimate of drug-likeness (QED) is 0.447. The van der Waals surface area contributed by atoms with Gasteiger partial charge in [0.15, 0.2) is 6.61 Å². The van der Waals surface area contributed by atoms with Gasteiger partial charge in [0.2, 0.25) is 0 Å². The van der Waals surface area contributed by atoms with Gasteiger partial charge in [-0.15, -0.1) is 0 Å². The summed E-state index contributed by atoms with van der Waals surface area (Å²) in [5.74, 6) is 0.816. The number of hydrogen-bond donors (Lipinski definition) is 2. The number of benzene rings is 2. The molecule has 0 bridgehead atoms. The molecule has 0 fully saturated rings. The fourth-order valence-corrected chi connectivity index (χ4v) is 2.54. The predicted molar refractivity (Wildman–Crippen MR) is 106 cm³/mol. The van der Waals surface area contributed by atoms with Gasteiger partial charge in [-0.25, -0.2) is 0 Å². The third kappa shape index (κ3) is 6.75. The first-order chi connectivity index (χ1) is 13.5. The van der Waals surface area contributed by atoms with Gasteiger partial charge in [-0.3, -0.25) is 20.4 Å². The minimum atomic E-state index is -0.497. The molecule has 0 saturated carbocycles. The van der Waals surface area contributed by atoms with E-state index in [1.54, 1.807) is 56.7 Å². The fraction of sp³-hybridized carbons (Fsp3) is 0.263. The second-order valence-corrected chi connectivity index (χ2v) is 6.31. The summed E-state index contributed by atoms with van der Waals surface area (Å²) in [6, 6.07) is 11.6. The number of nitrogens with one attached hydrogen (secondary N) is 2. The van der Waals surface area contributed by atoms with E-state index in [0.717, 1.165) is 0 Å². The molecule has 0 aliphatic rings. The van der Waals surface area contributed by atoms with E-state index in [2.05, 4.69) is 26.8 Å². The van der Waals surface area contributed by atoms with E-state index in [4.69, 9.17) is 18.9 Å². The Bertz CT molecular complexity index is 798. The zero-order valence-corrected chi connectivity index (χ0v) is 17.1. The van der Waals surface area contributed by atoms with Crippen LogP contribution >= 0.6 is 15.9 Å². The largest absolute Gasteiger partial charge is 0.497 e. The van der Waals surface area contributed by atoms with Crippen molar-refractivity contribution < 1.29 is 28.5 Å². The van der Waals surface area contributed by atoms with Crippen LogP contribution in [0, 0.1) is 0 Å². The number of hydrogen-bond acceptors (Lipinski definition) is 6. The number of hydrazine groups is 1. The molecule has 150 valence electrons. The summed E-state index contributed by atoms with van der Waals surface area (Å²) in [5, 5.41) is 0. The van der Waals surface area contributed by atoms with Crippen LogP contribution < -0.4 is 25.1 Å². The van der Waals surface area contributed by atoms with Crippen molar-refractivity contribution in [2.45, 2.75) is 0 Å². The van der Waals surface area contributed by atoms with Crippen LogP contribution in [0.3, 0.4) is 0 Å². The molecule has 0 atom stereocenters. The van der Waals surface area contributed by atoms with E-state index >= 15 is 0 Å². The van der Waals surface area contributed by atoms with Crippen LogP contribution in [0.4, 0.5) is 0 Å². The lowest BCUT2D eigenvalue weighted by atomic mass is 10.2. The van der Waals surface area contributed by atoms with Gasteiger partial charge in [-0.2, -0.15) is 0 Å². The highest BCUT2D eigenvalue weighted by molar-refractivity contribution is 9.10. The number of carbonyl (C=O) groups excluding carboxylic acids is 2. The molecule has 0 heterocycles. The van der Waals surface area contributed by atoms with Crippen molar-refractivity contribution >= 4 is 27.7 Å². The summed E-state index contributed by atoms with van der Waals surface area (Å²) >= 11 is 3.35. The van der Waals surface area contributed by atoms with Crippen LogP contribution in [0.25, 0.3) is 0 Å². The molecule has 2 N–H and O–H groups in total. The number of amides is 2. The zero-order valence-electron chi connectivity index (χ0n) is 15.5. The van der Waals surface area contributed by atoms with Crippen LogP contribution in [-0.2, 0) is 9.53 Å². The third-order valence-corrected chi connectivity index (χ3v) is 4.10. The van der Waals surface area contributed by atoms with E-state index < -0.39 is 11.8 Å². The number of rotatable bonds is 9. The summed E-state index contributed by atoms with van der Waals surface area (Å²) in [7, 11) is 3.15. The molecule has 0 spiro atoms. The Kier molecular flexibility index (Phi) is 8.57. The molecule has 0 aliphatic heterocycles. The SMILES string of the molecule is COCCOc1ccc(C(=O)NNC(=O)COc2ccc(OC)cc2)cc1Br. The average Bonchev–Trinajstić information content (AvgIpc) is 2.72. The van der Waals surface area contributed by atoms with Gasteiger partial charge in [-0.05, 0) is 58.4 Å². The highest BCUT2D eigenvalue weighted by Crippen LogP contribution is 2.26. The lowest BCUT2D eigenvalue weighted by Crippen LogP contribution is -2.43. The summed E-state index contributed by atoms with van der Waals surface area (Å²) in [6.45, 7) is 0.604. The van der Waals surface area contributed by atoms with Gasteiger partial charge < -0.3 is 18.9 Å². The van der Waals surface area contributed by atoms with Gasteiger partial charge in [0.1, 0.15) is 23.9 Å². The highest BCUT2D eigenvalue weighted by atomic mass is 79.9. The highest BCUT2D eigenvalue weighted by Gasteiger charge is 2.11. The molecule has 0 aliphatic carbocycles. The Balaban J connectivity index is 1.78. The predicted octanol–water partition coefficient (Wildman–Crippen LogP) is 2.32. The minimum Gasteiger partial charge on any atom is -0.497 e. The number of methoxy groups -OCH3 is 2. The second-order valence-electron chi connectivity index (χ2n) is 5.45. The van der Waals surface area contributed by atoms with E-state index in [-0.39, 0.29) is 6.61 Å². The second kappa shape index (κ2) is 11.2. The molecule has 2 rings (SSSR count). The van der Waals surface area contributed by atoms with Crippen molar-refractivity contribution in [3.63, 3.8) is 0 Å². The summed E-state index contributed by atoms with van der Waals surface area (Å²) in [5.41, 5.74) is 4.98. The number of halogens is 1. The minimum absolute atomic E-state index is 0.247. The Hall–Kier alpha value is -2.78. The first kappa shape index (κ1) is 21.5. The summed E-state index contributed by atoms with van der Waals surface area (Å²) in [4.78, 5) is 24.0. The molecule has 2 aromatic carbocycles. The van der Waals surface area contributed by atoms with Crippen LogP contribution in [-0.4, -0.2) is 45.9 Å². The molecule has 0 aromatic heterocycles. The Morgan fingerprint density at radius 3 is 2.29 bits per heavy atom. The van der Waals surface area contributed by atoms with Gasteiger partial charge in [0, 0.05) is 12.7 Å². The van der Waals surface area contributed by atoms with Gasteiger partial charge in [0.25, 0.3) is 11.8 Å². The lowest BCUT2D eigenvalue weighted by molar-refractivity contribution is -0.123. The molecule has 0 radical (unpaired) electrons. The smallest absolute Gasteiger partial charge is 0.276 e. The first-order valence-corrected chi connectivity index (χ1v) is 9.10. The molecule has 9 heteroatoms. The van der Waals surface area contributed by atoms with Crippen molar-refractivity contribution in [3.8, 4) is 17.2 Å². The number of carbonyl (C=O) groups is 2. The monoisotopic (exact) mass is 452 g/mol. The molecular weight excluding hydrogens is 432 g/mol. The molecule has 8 nitrogen and oxygen atoms in total. The maximum atomic E-state index is 12.2. The van der Waals surface area contributed by atoms with E-state index in [9.17, 15) is 9.59 Å². The first-order valence-electron chi connectivity index (χ1n) is 8.31. The summed E-state index contributed by atoms with van der Waals surface area (Å²) in [6.07, 6.45) is 0. The van der Waals surface area contributed by atoms with Gasteiger partial charge >= 0.3 is 0 Å². The van der Waals surface area contributed by atoms with Crippen LogP contribution in [0.1, 0.15) is 10.4 Å². The Morgan fingerprint density at radius 2 is 1.64 bits per heavy atom. The Labute approximate surface area is 171 Å². The van der Waals surface area contributed by atoms with Crippen LogP contribution in [0.15, 0.2) is 46.9 Å². The fourth-order valence-electron chi connectivity index (χ4n) is 2.05. The molecular formula is C19H21BrN2O6. The van der Waals surface area contributed by atoms with Crippen molar-refractivity contribution in [2.75, 3.05) is 34.0 Å². The molecule has 2 amide bonds. The van der Waals surface area contributed by atoms with E-state index in [1.165, 1.54) is 0 Å². The topological polar surface area (TPSA) is 95.1 Å². The maximum absolute atomic E-state index is 12.2. The van der Waals surface area contributed by atoms with Gasteiger partial charge in [-0.1, -0.05) is 0 Å². The van der Waals surface area contributed by atoms with E-state index in [1.807, 2.05) is 0 Å². The van der Waals surface area contributed by atoms with Crippen molar-refractivity contribution in [3.05, 3.63) is 52.5 Å². The average molecular weight is 453 g/mol. The number of ether oxygens (including phenoxy) is 4.